The van der Waals surface area contributed by atoms with Crippen LogP contribution in [0.4, 0.5) is 0 Å². The molecule has 1 aliphatic heterocycles. The van der Waals surface area contributed by atoms with Crippen molar-refractivity contribution in [1.29, 1.82) is 0 Å². The zero-order valence-electron chi connectivity index (χ0n) is 15.5. The molecule has 0 aromatic heterocycles. The molecule has 0 bridgehead atoms. The van der Waals surface area contributed by atoms with Crippen LogP contribution in [0.3, 0.4) is 0 Å². The van der Waals surface area contributed by atoms with Crippen molar-refractivity contribution in [1.82, 2.24) is 4.90 Å². The molecule has 0 radical (unpaired) electrons. The van der Waals surface area contributed by atoms with E-state index >= 15 is 0 Å². The van der Waals surface area contributed by atoms with Crippen molar-refractivity contribution in [2.45, 2.75) is 50.5 Å². The number of benzene rings is 1. The molecular weight excluding hydrogens is 334 g/mol. The van der Waals surface area contributed by atoms with Crippen LogP contribution in [0.1, 0.15) is 43.2 Å². The van der Waals surface area contributed by atoms with E-state index in [9.17, 15) is 9.59 Å². The van der Waals surface area contributed by atoms with Crippen LogP contribution < -0.4 is 4.74 Å². The number of hydrogen-bond donors (Lipinski definition) is 1. The number of methoxy groups -OCH3 is 1. The van der Waals surface area contributed by atoms with Crippen LogP contribution in [-0.2, 0) is 19.7 Å². The van der Waals surface area contributed by atoms with Gasteiger partial charge in [-0.1, -0.05) is 25.0 Å². The number of carbonyl (C=O) groups is 2. The number of aliphatic carboxylic acids is 1. The Hall–Kier alpha value is -2.08. The maximum absolute atomic E-state index is 13.5. The number of carboxylic acids is 1. The molecule has 1 aromatic rings. The normalized spacial score (nSPS) is 22.2. The minimum atomic E-state index is -0.900. The fraction of sp³-hybridized carbons (Fsp3) is 0.600. The van der Waals surface area contributed by atoms with E-state index in [0.29, 0.717) is 19.7 Å². The molecule has 1 aromatic carbocycles. The van der Waals surface area contributed by atoms with E-state index in [-0.39, 0.29) is 12.3 Å². The summed E-state index contributed by atoms with van der Waals surface area (Å²) in [5, 5.41) is 9.02. The summed E-state index contributed by atoms with van der Waals surface area (Å²) < 4.78 is 11.0. The minimum absolute atomic E-state index is 0.0743. The van der Waals surface area contributed by atoms with Gasteiger partial charge < -0.3 is 19.5 Å². The molecule has 1 saturated carbocycles. The molecule has 142 valence electrons. The average molecular weight is 361 g/mol. The van der Waals surface area contributed by atoms with Crippen LogP contribution in [0, 0.1) is 6.92 Å². The lowest BCUT2D eigenvalue weighted by molar-refractivity contribution is -0.150. The topological polar surface area (TPSA) is 76.1 Å². The highest BCUT2D eigenvalue weighted by Crippen LogP contribution is 2.44. The number of nitrogens with zero attached hydrogens (tertiary/aromatic N) is 1. The van der Waals surface area contributed by atoms with E-state index in [1.807, 2.05) is 25.1 Å². The Morgan fingerprint density at radius 3 is 2.73 bits per heavy atom. The van der Waals surface area contributed by atoms with Crippen LogP contribution in [0.15, 0.2) is 18.2 Å². The Balaban J connectivity index is 1.87. The van der Waals surface area contributed by atoms with Crippen molar-refractivity contribution in [3.8, 4) is 5.75 Å². The van der Waals surface area contributed by atoms with Gasteiger partial charge in [0.1, 0.15) is 5.75 Å². The van der Waals surface area contributed by atoms with E-state index in [1.165, 1.54) is 0 Å². The molecule has 0 spiro atoms. The summed E-state index contributed by atoms with van der Waals surface area (Å²) in [5.74, 6) is -0.00458. The second-order valence-electron chi connectivity index (χ2n) is 7.32. The smallest absolute Gasteiger partial charge is 0.306 e. The zero-order chi connectivity index (χ0) is 18.7. The summed E-state index contributed by atoms with van der Waals surface area (Å²) >= 11 is 0. The van der Waals surface area contributed by atoms with Crippen molar-refractivity contribution in [2.75, 3.05) is 26.8 Å². The Labute approximate surface area is 154 Å². The van der Waals surface area contributed by atoms with E-state index in [0.717, 1.165) is 42.6 Å². The lowest BCUT2D eigenvalue weighted by Gasteiger charge is -2.39. The van der Waals surface area contributed by atoms with Crippen LogP contribution in [0.2, 0.25) is 0 Å². The summed E-state index contributed by atoms with van der Waals surface area (Å²) in [4.78, 5) is 26.3. The van der Waals surface area contributed by atoms with Gasteiger partial charge in [-0.15, -0.1) is 0 Å². The number of hydrogen-bond acceptors (Lipinski definition) is 4. The highest BCUT2D eigenvalue weighted by Gasteiger charge is 2.46. The molecule has 1 aliphatic carbocycles. The van der Waals surface area contributed by atoms with E-state index in [2.05, 4.69) is 0 Å². The van der Waals surface area contributed by atoms with E-state index in [4.69, 9.17) is 14.6 Å². The molecule has 1 amide bonds. The predicted molar refractivity (Wildman–Crippen MR) is 96.4 cm³/mol. The van der Waals surface area contributed by atoms with Gasteiger partial charge >= 0.3 is 5.97 Å². The van der Waals surface area contributed by atoms with Gasteiger partial charge in [-0.05, 0) is 37.0 Å². The number of ether oxygens (including phenoxy) is 2. The van der Waals surface area contributed by atoms with Gasteiger partial charge in [0, 0.05) is 13.1 Å². The van der Waals surface area contributed by atoms with Gasteiger partial charge in [-0.2, -0.15) is 0 Å². The number of carboxylic acid groups (broad SMARTS) is 1. The fourth-order valence-corrected chi connectivity index (χ4v) is 4.25. The first-order chi connectivity index (χ1) is 12.5. The molecule has 6 heteroatoms. The molecular formula is C20H27NO5. The Kier molecular flexibility index (Phi) is 5.51. The van der Waals surface area contributed by atoms with Crippen molar-refractivity contribution >= 4 is 11.9 Å². The molecule has 1 heterocycles. The highest BCUT2D eigenvalue weighted by atomic mass is 16.5. The first kappa shape index (κ1) is 18.7. The minimum Gasteiger partial charge on any atom is -0.496 e. The van der Waals surface area contributed by atoms with Gasteiger partial charge in [0.05, 0.1) is 31.7 Å². The van der Waals surface area contributed by atoms with Gasteiger partial charge in [0.25, 0.3) is 0 Å². The molecule has 3 rings (SSSR count). The maximum atomic E-state index is 13.5. The second-order valence-corrected chi connectivity index (χ2v) is 7.32. The van der Waals surface area contributed by atoms with Gasteiger partial charge in [-0.3, -0.25) is 9.59 Å². The van der Waals surface area contributed by atoms with Crippen LogP contribution in [0.5, 0.6) is 5.75 Å². The molecule has 1 atom stereocenters. The quantitative estimate of drug-likeness (QED) is 0.872. The lowest BCUT2D eigenvalue weighted by Crippen LogP contribution is -2.52. The monoisotopic (exact) mass is 361 g/mol. The molecule has 1 N–H and O–H groups in total. The number of aryl methyl sites for hydroxylation is 1. The fourth-order valence-electron chi connectivity index (χ4n) is 4.25. The summed E-state index contributed by atoms with van der Waals surface area (Å²) in [6, 6.07) is 6.04. The third kappa shape index (κ3) is 3.56. The van der Waals surface area contributed by atoms with Crippen molar-refractivity contribution in [3.63, 3.8) is 0 Å². The summed E-state index contributed by atoms with van der Waals surface area (Å²) in [5.41, 5.74) is 1.51. The summed E-state index contributed by atoms with van der Waals surface area (Å²) in [7, 11) is 1.65. The largest absolute Gasteiger partial charge is 0.496 e. The SMILES string of the molecule is COc1cc(C2(C(=O)N3CCO[C@H](CC(=O)O)C3)CCCC2)ccc1C. The van der Waals surface area contributed by atoms with Gasteiger partial charge in [0.2, 0.25) is 5.91 Å². The summed E-state index contributed by atoms with van der Waals surface area (Å²) in [6.07, 6.45) is 3.17. The van der Waals surface area contributed by atoms with E-state index in [1.54, 1.807) is 12.0 Å². The predicted octanol–water partition coefficient (Wildman–Crippen LogP) is 2.52. The van der Waals surface area contributed by atoms with Crippen molar-refractivity contribution < 1.29 is 24.2 Å². The highest BCUT2D eigenvalue weighted by molar-refractivity contribution is 5.89. The molecule has 6 nitrogen and oxygen atoms in total. The van der Waals surface area contributed by atoms with E-state index < -0.39 is 17.5 Å². The third-order valence-electron chi connectivity index (χ3n) is 5.66. The summed E-state index contributed by atoms with van der Waals surface area (Å²) in [6.45, 7) is 3.23. The maximum Gasteiger partial charge on any atom is 0.306 e. The average Bonchev–Trinajstić information content (AvgIpc) is 3.12. The Bertz CT molecular complexity index is 681. The number of carbonyl (C=O) groups excluding carboxylic acids is 1. The van der Waals surface area contributed by atoms with Gasteiger partial charge in [0.15, 0.2) is 0 Å². The number of morpholine rings is 1. The number of amides is 1. The molecule has 26 heavy (non-hydrogen) atoms. The second kappa shape index (κ2) is 7.66. The Morgan fingerprint density at radius 1 is 1.35 bits per heavy atom. The molecule has 0 unspecified atom stereocenters. The van der Waals surface area contributed by atoms with Crippen molar-refractivity contribution in [2.24, 2.45) is 0 Å². The zero-order valence-corrected chi connectivity index (χ0v) is 15.5. The molecule has 2 aliphatic rings. The molecule has 1 saturated heterocycles. The number of rotatable bonds is 5. The Morgan fingerprint density at radius 2 is 2.08 bits per heavy atom. The lowest BCUT2D eigenvalue weighted by atomic mass is 9.77. The first-order valence-electron chi connectivity index (χ1n) is 9.24. The van der Waals surface area contributed by atoms with Crippen LogP contribution in [0.25, 0.3) is 0 Å². The molecule has 2 fully saturated rings. The van der Waals surface area contributed by atoms with Gasteiger partial charge in [-0.25, -0.2) is 0 Å². The standard InChI is InChI=1S/C20H27NO5/c1-14-5-6-15(11-17(14)25-2)20(7-3-4-8-20)19(24)21-9-10-26-16(13-21)12-18(22)23/h5-6,11,16H,3-4,7-10,12-13H2,1-2H3,(H,22,23)/t16-/m1/s1. The van der Waals surface area contributed by atoms with Crippen molar-refractivity contribution in [3.05, 3.63) is 29.3 Å². The van der Waals surface area contributed by atoms with Crippen LogP contribution >= 0.6 is 0 Å². The third-order valence-corrected chi connectivity index (χ3v) is 5.66. The first-order valence-corrected chi connectivity index (χ1v) is 9.24. The van der Waals surface area contributed by atoms with Crippen LogP contribution in [-0.4, -0.2) is 54.8 Å².